The number of alkyl halides is 1. The van der Waals surface area contributed by atoms with Crippen LogP contribution in [0.5, 0.6) is 0 Å². The third-order valence-corrected chi connectivity index (χ3v) is 4.01. The summed E-state index contributed by atoms with van der Waals surface area (Å²) in [5.74, 6) is 0.0220. The summed E-state index contributed by atoms with van der Waals surface area (Å²) in [6, 6.07) is 2.06. The Morgan fingerprint density at radius 1 is 1.50 bits per heavy atom. The van der Waals surface area contributed by atoms with Gasteiger partial charge in [-0.3, -0.25) is 9.78 Å². The van der Waals surface area contributed by atoms with Crippen LogP contribution in [0.15, 0.2) is 18.5 Å². The van der Waals surface area contributed by atoms with Crippen molar-refractivity contribution in [1.82, 2.24) is 9.88 Å². The van der Waals surface area contributed by atoms with Crippen LogP contribution in [-0.2, 0) is 0 Å². The topological polar surface area (TPSA) is 33.2 Å². The van der Waals surface area contributed by atoms with Crippen molar-refractivity contribution in [1.29, 1.82) is 0 Å². The molecule has 0 atom stereocenters. The van der Waals surface area contributed by atoms with Crippen LogP contribution in [0.2, 0.25) is 5.02 Å². The molecule has 1 aliphatic carbocycles. The molecule has 1 aromatic heterocycles. The summed E-state index contributed by atoms with van der Waals surface area (Å²) in [4.78, 5) is 18.4. The monoisotopic (exact) mass is 330 g/mol. The van der Waals surface area contributed by atoms with E-state index < -0.39 is 0 Å². The van der Waals surface area contributed by atoms with Crippen LogP contribution in [0.3, 0.4) is 0 Å². The minimum absolute atomic E-state index is 0.0220. The molecule has 0 saturated heterocycles. The number of rotatable bonds is 4. The Balaban J connectivity index is 2.20. The summed E-state index contributed by atoms with van der Waals surface area (Å²) in [5, 5.41) is 1.22. The molecule has 2 rings (SSSR count). The zero-order valence-electron chi connectivity index (χ0n) is 10.1. The number of hydrogen-bond donors (Lipinski definition) is 0. The molecule has 98 valence electrons. The lowest BCUT2D eigenvalue weighted by Gasteiger charge is -2.28. The minimum Gasteiger partial charge on any atom is -0.335 e. The average Bonchev–Trinajstić information content (AvgIpc) is 2.89. The molecular weight excluding hydrogens is 316 g/mol. The number of nitrogens with zero attached hydrogens (tertiary/aromatic N) is 2. The number of carbonyl (C=O) groups excluding carboxylic acids is 1. The Morgan fingerprint density at radius 3 is 2.83 bits per heavy atom. The first-order valence-electron chi connectivity index (χ1n) is 6.20. The Kier molecular flexibility index (Phi) is 5.01. The Morgan fingerprint density at radius 2 is 2.22 bits per heavy atom. The highest BCUT2D eigenvalue weighted by atomic mass is 79.9. The van der Waals surface area contributed by atoms with Crippen LogP contribution in [0, 0.1) is 0 Å². The van der Waals surface area contributed by atoms with Crippen LogP contribution < -0.4 is 0 Å². The van der Waals surface area contributed by atoms with E-state index in [1.54, 1.807) is 12.3 Å². The van der Waals surface area contributed by atoms with E-state index in [4.69, 9.17) is 11.6 Å². The lowest BCUT2D eigenvalue weighted by atomic mass is 10.1. The highest BCUT2D eigenvalue weighted by Crippen LogP contribution is 2.26. The average molecular weight is 332 g/mol. The van der Waals surface area contributed by atoms with Gasteiger partial charge in [0, 0.05) is 30.3 Å². The molecule has 1 aliphatic rings. The Labute approximate surface area is 121 Å². The van der Waals surface area contributed by atoms with Crippen LogP contribution in [0.4, 0.5) is 0 Å². The van der Waals surface area contributed by atoms with Gasteiger partial charge < -0.3 is 4.90 Å². The first kappa shape index (κ1) is 13.8. The summed E-state index contributed by atoms with van der Waals surface area (Å²) >= 11 is 9.47. The van der Waals surface area contributed by atoms with Gasteiger partial charge in [0.15, 0.2) is 0 Å². The normalized spacial score (nSPS) is 15.9. The molecule has 0 N–H and O–H groups in total. The molecule has 0 spiro atoms. The molecule has 1 aromatic rings. The molecule has 5 heteroatoms. The van der Waals surface area contributed by atoms with Crippen molar-refractivity contribution >= 4 is 33.4 Å². The molecule has 0 radical (unpaired) electrons. The molecule has 0 unspecified atom stereocenters. The maximum absolute atomic E-state index is 12.5. The summed E-state index contributed by atoms with van der Waals surface area (Å²) in [7, 11) is 0. The van der Waals surface area contributed by atoms with Gasteiger partial charge in [0.1, 0.15) is 0 Å². The smallest absolute Gasteiger partial charge is 0.255 e. The van der Waals surface area contributed by atoms with Crippen molar-refractivity contribution in [2.45, 2.75) is 31.7 Å². The third-order valence-electron chi connectivity index (χ3n) is 3.35. The molecule has 18 heavy (non-hydrogen) atoms. The number of carbonyl (C=O) groups is 1. The molecule has 0 aromatic carbocycles. The van der Waals surface area contributed by atoms with Crippen molar-refractivity contribution in [3.05, 3.63) is 29.0 Å². The van der Waals surface area contributed by atoms with Crippen molar-refractivity contribution in [3.8, 4) is 0 Å². The Bertz CT molecular complexity index is 421. The van der Waals surface area contributed by atoms with Gasteiger partial charge in [0.05, 0.1) is 10.6 Å². The number of amides is 1. The fourth-order valence-electron chi connectivity index (χ4n) is 2.46. The third kappa shape index (κ3) is 3.04. The second-order valence-electron chi connectivity index (χ2n) is 4.48. The van der Waals surface area contributed by atoms with Crippen LogP contribution in [-0.4, -0.2) is 33.7 Å². The first-order valence-corrected chi connectivity index (χ1v) is 7.70. The Hall–Kier alpha value is -0.610. The quantitative estimate of drug-likeness (QED) is 0.791. The summed E-state index contributed by atoms with van der Waals surface area (Å²) in [5.41, 5.74) is 0.555. The van der Waals surface area contributed by atoms with E-state index >= 15 is 0 Å². The van der Waals surface area contributed by atoms with E-state index in [1.807, 2.05) is 4.90 Å². The minimum atomic E-state index is 0.0220. The van der Waals surface area contributed by atoms with E-state index in [9.17, 15) is 4.79 Å². The predicted molar refractivity (Wildman–Crippen MR) is 76.3 cm³/mol. The van der Waals surface area contributed by atoms with Crippen LogP contribution in [0.25, 0.3) is 0 Å². The zero-order chi connectivity index (χ0) is 13.0. The van der Waals surface area contributed by atoms with Crippen molar-refractivity contribution in [3.63, 3.8) is 0 Å². The lowest BCUT2D eigenvalue weighted by Crippen LogP contribution is -2.40. The van der Waals surface area contributed by atoms with Gasteiger partial charge in [0.25, 0.3) is 5.91 Å². The highest BCUT2D eigenvalue weighted by molar-refractivity contribution is 9.09. The van der Waals surface area contributed by atoms with Gasteiger partial charge >= 0.3 is 0 Å². The number of halogens is 2. The van der Waals surface area contributed by atoms with E-state index in [1.165, 1.54) is 19.0 Å². The molecule has 0 bridgehead atoms. The van der Waals surface area contributed by atoms with E-state index in [0.717, 1.165) is 24.7 Å². The fraction of sp³-hybridized carbons (Fsp3) is 0.538. The lowest BCUT2D eigenvalue weighted by molar-refractivity contribution is 0.0696. The van der Waals surface area contributed by atoms with Gasteiger partial charge in [-0.2, -0.15) is 0 Å². The molecule has 1 amide bonds. The summed E-state index contributed by atoms with van der Waals surface area (Å²) in [6.07, 6.45) is 7.75. The first-order chi connectivity index (χ1) is 8.74. The SMILES string of the molecule is O=C(c1ccncc1Cl)N(CCBr)C1CCCC1. The maximum Gasteiger partial charge on any atom is 0.255 e. The second kappa shape index (κ2) is 6.53. The van der Waals surface area contributed by atoms with E-state index in [-0.39, 0.29) is 5.91 Å². The molecule has 1 heterocycles. The summed E-state index contributed by atoms with van der Waals surface area (Å²) in [6.45, 7) is 0.724. The second-order valence-corrected chi connectivity index (χ2v) is 5.68. The number of hydrogen-bond acceptors (Lipinski definition) is 2. The van der Waals surface area contributed by atoms with Crippen molar-refractivity contribution in [2.24, 2.45) is 0 Å². The van der Waals surface area contributed by atoms with Gasteiger partial charge in [-0.1, -0.05) is 40.4 Å². The van der Waals surface area contributed by atoms with E-state index in [2.05, 4.69) is 20.9 Å². The standard InChI is InChI=1S/C13H16BrClN2O/c14-6-8-17(10-3-1-2-4-10)13(18)11-5-7-16-9-12(11)15/h5,7,9-10H,1-4,6,8H2. The maximum atomic E-state index is 12.5. The molecular formula is C13H16BrClN2O. The zero-order valence-corrected chi connectivity index (χ0v) is 12.5. The van der Waals surface area contributed by atoms with Gasteiger partial charge in [-0.25, -0.2) is 0 Å². The number of pyridine rings is 1. The predicted octanol–water partition coefficient (Wildman–Crippen LogP) is 3.51. The van der Waals surface area contributed by atoms with Crippen LogP contribution in [0.1, 0.15) is 36.0 Å². The van der Waals surface area contributed by atoms with Crippen molar-refractivity contribution in [2.75, 3.05) is 11.9 Å². The van der Waals surface area contributed by atoms with Crippen molar-refractivity contribution < 1.29 is 4.79 Å². The van der Waals surface area contributed by atoms with Gasteiger partial charge in [0.2, 0.25) is 0 Å². The van der Waals surface area contributed by atoms with E-state index in [0.29, 0.717) is 16.6 Å². The van der Waals surface area contributed by atoms with Gasteiger partial charge in [-0.15, -0.1) is 0 Å². The number of aromatic nitrogens is 1. The fourth-order valence-corrected chi connectivity index (χ4v) is 3.04. The molecule has 3 nitrogen and oxygen atoms in total. The summed E-state index contributed by atoms with van der Waals surface area (Å²) < 4.78 is 0. The molecule has 1 fully saturated rings. The molecule has 0 aliphatic heterocycles. The largest absolute Gasteiger partial charge is 0.335 e. The highest BCUT2D eigenvalue weighted by Gasteiger charge is 2.27. The molecule has 1 saturated carbocycles. The van der Waals surface area contributed by atoms with Crippen LogP contribution >= 0.6 is 27.5 Å². The van der Waals surface area contributed by atoms with Gasteiger partial charge in [-0.05, 0) is 18.9 Å².